The van der Waals surface area contributed by atoms with Crippen LogP contribution in [0.2, 0.25) is 0 Å². The molecule has 0 fully saturated rings. The molecule has 14 heavy (non-hydrogen) atoms. The average Bonchev–Trinajstić information content (AvgIpc) is 2.34. The van der Waals surface area contributed by atoms with Crippen LogP contribution in [0, 0.1) is 0 Å². The number of methoxy groups -OCH3 is 1. The fourth-order valence-electron chi connectivity index (χ4n) is 0.835. The van der Waals surface area contributed by atoms with E-state index in [-0.39, 0.29) is 0 Å². The summed E-state index contributed by atoms with van der Waals surface area (Å²) in [6, 6.07) is 7.77. The maximum absolute atomic E-state index is 5.06. The van der Waals surface area contributed by atoms with Crippen LogP contribution in [0.5, 0.6) is 5.75 Å². The maximum Gasteiger partial charge on any atom is 0.126 e. The molecular formula is C13H22O. The van der Waals surface area contributed by atoms with Gasteiger partial charge in [-0.3, -0.25) is 0 Å². The van der Waals surface area contributed by atoms with Crippen molar-refractivity contribution in [3.05, 3.63) is 36.4 Å². The molecule has 0 saturated carbocycles. The summed E-state index contributed by atoms with van der Waals surface area (Å²) in [6.45, 7) is 11.7. The van der Waals surface area contributed by atoms with E-state index < -0.39 is 0 Å². The quantitative estimate of drug-likeness (QED) is 0.678. The lowest BCUT2D eigenvalue weighted by atomic mass is 10.2. The zero-order valence-electron chi connectivity index (χ0n) is 10.0. The Labute approximate surface area is 88.4 Å². The first-order chi connectivity index (χ1) is 6.88. The maximum atomic E-state index is 5.06. The molecule has 0 spiro atoms. The highest BCUT2D eigenvalue weighted by Crippen LogP contribution is 2.17. The molecular weight excluding hydrogens is 172 g/mol. The molecule has 0 saturated heterocycles. The monoisotopic (exact) mass is 194 g/mol. The molecule has 0 radical (unpaired) electrons. The van der Waals surface area contributed by atoms with Gasteiger partial charge in [0.2, 0.25) is 0 Å². The van der Waals surface area contributed by atoms with Crippen molar-refractivity contribution in [1.82, 2.24) is 0 Å². The smallest absolute Gasteiger partial charge is 0.126 e. The van der Waals surface area contributed by atoms with Crippen LogP contribution in [0.15, 0.2) is 30.8 Å². The molecule has 0 aliphatic heterocycles. The summed E-state index contributed by atoms with van der Waals surface area (Å²) in [7, 11) is 1.66. The second-order valence-electron chi connectivity index (χ2n) is 1.95. The Bertz CT molecular complexity index is 228. The number of hydrogen-bond donors (Lipinski definition) is 0. The lowest BCUT2D eigenvalue weighted by molar-refractivity contribution is 0.414. The fourth-order valence-corrected chi connectivity index (χ4v) is 0.835. The normalized spacial score (nSPS) is 7.21. The lowest BCUT2D eigenvalue weighted by Crippen LogP contribution is -1.84. The van der Waals surface area contributed by atoms with Crippen LogP contribution in [0.3, 0.4) is 0 Å². The highest BCUT2D eigenvalue weighted by atomic mass is 16.5. The average molecular weight is 194 g/mol. The molecule has 1 aromatic rings. The van der Waals surface area contributed by atoms with E-state index in [1.165, 1.54) is 0 Å². The van der Waals surface area contributed by atoms with Gasteiger partial charge < -0.3 is 4.74 Å². The second-order valence-corrected chi connectivity index (χ2v) is 1.95. The van der Waals surface area contributed by atoms with Gasteiger partial charge in [0.25, 0.3) is 0 Å². The number of para-hydroxylation sites is 1. The standard InChI is InChI=1S/C9H10O.2C2H6/c1-3-8-6-4-5-7-9(8)10-2;2*1-2/h3-7H,1H2,2H3;2*1-2H3. The van der Waals surface area contributed by atoms with E-state index in [1.807, 2.05) is 52.0 Å². The Morgan fingerprint density at radius 2 is 1.57 bits per heavy atom. The van der Waals surface area contributed by atoms with Crippen molar-refractivity contribution < 1.29 is 4.74 Å². The van der Waals surface area contributed by atoms with Gasteiger partial charge in [0, 0.05) is 5.56 Å². The summed E-state index contributed by atoms with van der Waals surface area (Å²) in [4.78, 5) is 0. The highest BCUT2D eigenvalue weighted by Gasteiger charge is 1.93. The van der Waals surface area contributed by atoms with Crippen molar-refractivity contribution in [2.24, 2.45) is 0 Å². The van der Waals surface area contributed by atoms with Gasteiger partial charge in [0.1, 0.15) is 5.75 Å². The van der Waals surface area contributed by atoms with E-state index in [9.17, 15) is 0 Å². The summed E-state index contributed by atoms with van der Waals surface area (Å²) in [5.74, 6) is 0.873. The predicted molar refractivity (Wildman–Crippen MR) is 65.8 cm³/mol. The van der Waals surface area contributed by atoms with Gasteiger partial charge in [-0.1, -0.05) is 58.5 Å². The lowest BCUT2D eigenvalue weighted by Gasteiger charge is -2.01. The van der Waals surface area contributed by atoms with E-state index >= 15 is 0 Å². The Hall–Kier alpha value is -1.24. The first kappa shape index (κ1) is 15.2. The Morgan fingerprint density at radius 1 is 1.07 bits per heavy atom. The number of hydrogen-bond acceptors (Lipinski definition) is 1. The first-order valence-electron chi connectivity index (χ1n) is 5.14. The Balaban J connectivity index is 0. The molecule has 1 rings (SSSR count). The highest BCUT2D eigenvalue weighted by molar-refractivity contribution is 5.55. The summed E-state index contributed by atoms with van der Waals surface area (Å²) >= 11 is 0. The van der Waals surface area contributed by atoms with Crippen molar-refractivity contribution in [3.8, 4) is 5.75 Å². The molecule has 1 nitrogen and oxygen atoms in total. The largest absolute Gasteiger partial charge is 0.496 e. The van der Waals surface area contributed by atoms with Crippen molar-refractivity contribution in [1.29, 1.82) is 0 Å². The fraction of sp³-hybridized carbons (Fsp3) is 0.385. The molecule has 0 aliphatic carbocycles. The number of benzene rings is 1. The number of rotatable bonds is 2. The third-order valence-corrected chi connectivity index (χ3v) is 1.36. The zero-order valence-corrected chi connectivity index (χ0v) is 10.0. The van der Waals surface area contributed by atoms with E-state index in [2.05, 4.69) is 6.58 Å². The Morgan fingerprint density at radius 3 is 1.93 bits per heavy atom. The van der Waals surface area contributed by atoms with Gasteiger partial charge in [-0.25, -0.2) is 0 Å². The molecule has 0 bridgehead atoms. The third kappa shape index (κ3) is 5.41. The van der Waals surface area contributed by atoms with Gasteiger partial charge in [-0.15, -0.1) is 0 Å². The topological polar surface area (TPSA) is 9.23 Å². The SMILES string of the molecule is C=Cc1ccccc1OC.CC.CC. The van der Waals surface area contributed by atoms with E-state index in [1.54, 1.807) is 13.2 Å². The molecule has 0 unspecified atom stereocenters. The summed E-state index contributed by atoms with van der Waals surface area (Å²) in [6.07, 6.45) is 1.78. The van der Waals surface area contributed by atoms with Crippen molar-refractivity contribution in [2.45, 2.75) is 27.7 Å². The molecule has 0 heterocycles. The number of ether oxygens (including phenoxy) is 1. The van der Waals surface area contributed by atoms with Crippen LogP contribution in [-0.4, -0.2) is 7.11 Å². The zero-order chi connectivity index (χ0) is 11.4. The minimum atomic E-state index is 0.873. The van der Waals surface area contributed by atoms with Crippen LogP contribution in [0.4, 0.5) is 0 Å². The molecule has 0 atom stereocenters. The van der Waals surface area contributed by atoms with Gasteiger partial charge >= 0.3 is 0 Å². The molecule has 0 aromatic heterocycles. The van der Waals surface area contributed by atoms with Crippen molar-refractivity contribution >= 4 is 6.08 Å². The molecule has 0 aliphatic rings. The molecule has 1 heteroatoms. The summed E-state index contributed by atoms with van der Waals surface area (Å²) < 4.78 is 5.06. The van der Waals surface area contributed by atoms with Gasteiger partial charge in [-0.2, -0.15) is 0 Å². The van der Waals surface area contributed by atoms with Crippen molar-refractivity contribution in [3.63, 3.8) is 0 Å². The molecule has 0 N–H and O–H groups in total. The van der Waals surface area contributed by atoms with Gasteiger partial charge in [0.15, 0.2) is 0 Å². The summed E-state index contributed by atoms with van der Waals surface area (Å²) in [5.41, 5.74) is 1.03. The molecule has 1 aromatic carbocycles. The van der Waals surface area contributed by atoms with Crippen LogP contribution < -0.4 is 4.74 Å². The predicted octanol–water partition coefficient (Wildman–Crippen LogP) is 4.39. The van der Waals surface area contributed by atoms with Crippen molar-refractivity contribution in [2.75, 3.05) is 7.11 Å². The Kier molecular flexibility index (Phi) is 12.8. The van der Waals surface area contributed by atoms with E-state index in [0.717, 1.165) is 11.3 Å². The van der Waals surface area contributed by atoms with Crippen LogP contribution in [0.1, 0.15) is 33.3 Å². The molecule has 80 valence electrons. The van der Waals surface area contributed by atoms with Crippen LogP contribution in [-0.2, 0) is 0 Å². The van der Waals surface area contributed by atoms with E-state index in [0.29, 0.717) is 0 Å². The first-order valence-corrected chi connectivity index (χ1v) is 5.14. The van der Waals surface area contributed by atoms with Gasteiger partial charge in [-0.05, 0) is 6.07 Å². The summed E-state index contributed by atoms with van der Waals surface area (Å²) in [5, 5.41) is 0. The minimum absolute atomic E-state index is 0.873. The van der Waals surface area contributed by atoms with Crippen LogP contribution >= 0.6 is 0 Å². The van der Waals surface area contributed by atoms with Gasteiger partial charge in [0.05, 0.1) is 7.11 Å². The second kappa shape index (κ2) is 11.8. The third-order valence-electron chi connectivity index (χ3n) is 1.36. The van der Waals surface area contributed by atoms with Crippen LogP contribution in [0.25, 0.3) is 6.08 Å². The minimum Gasteiger partial charge on any atom is -0.496 e. The molecule has 0 amide bonds. The van der Waals surface area contributed by atoms with E-state index in [4.69, 9.17) is 4.74 Å².